The smallest absolute Gasteiger partial charge is 0.416 e. The van der Waals surface area contributed by atoms with Crippen LogP contribution in [0.15, 0.2) is 65.6 Å². The zero-order valence-corrected chi connectivity index (χ0v) is 18.5. The summed E-state index contributed by atoms with van der Waals surface area (Å²) in [6, 6.07) is 10.5. The van der Waals surface area contributed by atoms with E-state index in [-0.39, 0.29) is 17.1 Å². The molecule has 4 amide bonds. The number of para-hydroxylation sites is 1. The predicted octanol–water partition coefficient (Wildman–Crippen LogP) is 3.44. The maximum atomic E-state index is 13.3. The average Bonchev–Trinajstić information content (AvgIpc) is 3.55. The number of hydrogen-bond donors (Lipinski definition) is 2. The highest BCUT2D eigenvalue weighted by Gasteiger charge is 2.51. The lowest BCUT2D eigenvalue weighted by Crippen LogP contribution is -2.42. The van der Waals surface area contributed by atoms with Crippen molar-refractivity contribution in [1.29, 1.82) is 0 Å². The number of rotatable bonds is 5. The van der Waals surface area contributed by atoms with E-state index in [4.69, 9.17) is 4.42 Å². The second-order valence-electron chi connectivity index (χ2n) is 8.21. The van der Waals surface area contributed by atoms with Gasteiger partial charge in [0.15, 0.2) is 5.54 Å². The fourth-order valence-corrected chi connectivity index (χ4v) is 3.91. The summed E-state index contributed by atoms with van der Waals surface area (Å²) in [5.41, 5.74) is -2.18. The molecule has 1 fully saturated rings. The number of nitrogens with zero attached hydrogens (tertiary/aromatic N) is 4. The van der Waals surface area contributed by atoms with Crippen LogP contribution in [0.25, 0.3) is 16.7 Å². The van der Waals surface area contributed by atoms with Gasteiger partial charge < -0.3 is 15.1 Å². The molecule has 5 rings (SSSR count). The minimum Gasteiger partial charge on any atom is -0.458 e. The Hall–Kier alpha value is -4.68. The third kappa shape index (κ3) is 3.93. The molecule has 2 aromatic carbocycles. The number of urea groups is 1. The Kier molecular flexibility index (Phi) is 5.27. The van der Waals surface area contributed by atoms with Crippen LogP contribution in [-0.2, 0) is 21.3 Å². The van der Waals surface area contributed by atoms with Gasteiger partial charge in [-0.25, -0.2) is 14.5 Å². The number of aromatic nitrogens is 3. The van der Waals surface area contributed by atoms with E-state index in [1.54, 1.807) is 30.3 Å². The van der Waals surface area contributed by atoms with E-state index in [9.17, 15) is 27.6 Å². The van der Waals surface area contributed by atoms with Crippen LogP contribution >= 0.6 is 0 Å². The molecule has 1 saturated heterocycles. The number of halogens is 3. The van der Waals surface area contributed by atoms with E-state index in [2.05, 4.69) is 20.7 Å². The monoisotopic (exact) mass is 498 g/mol. The third-order valence-electron chi connectivity index (χ3n) is 5.76. The predicted molar refractivity (Wildman–Crippen MR) is 119 cm³/mol. The second kappa shape index (κ2) is 8.22. The summed E-state index contributed by atoms with van der Waals surface area (Å²) in [5, 5.41) is 9.47. The molecule has 0 aliphatic carbocycles. The number of carbonyl (C=O) groups excluding carboxylic acids is 3. The number of nitrogens with one attached hydrogen (secondary N) is 2. The summed E-state index contributed by atoms with van der Waals surface area (Å²) in [7, 11) is 0. The molecule has 0 bridgehead atoms. The van der Waals surface area contributed by atoms with E-state index in [1.165, 1.54) is 24.3 Å². The topological polar surface area (TPSA) is 122 Å². The number of alkyl halides is 3. The lowest BCUT2D eigenvalue weighted by Gasteiger charge is -2.19. The van der Waals surface area contributed by atoms with Gasteiger partial charge in [0.2, 0.25) is 5.91 Å². The summed E-state index contributed by atoms with van der Waals surface area (Å²) >= 11 is 0. The number of benzene rings is 2. The van der Waals surface area contributed by atoms with Crippen molar-refractivity contribution in [3.63, 3.8) is 0 Å². The fourth-order valence-electron chi connectivity index (χ4n) is 3.91. The first-order valence-corrected chi connectivity index (χ1v) is 10.6. The van der Waals surface area contributed by atoms with Crippen LogP contribution in [0.1, 0.15) is 18.2 Å². The zero-order valence-electron chi connectivity index (χ0n) is 18.5. The summed E-state index contributed by atoms with van der Waals surface area (Å²) in [6.45, 7) is 0.700. The van der Waals surface area contributed by atoms with Crippen LogP contribution in [0.4, 0.5) is 23.7 Å². The summed E-state index contributed by atoms with van der Waals surface area (Å²) < 4.78 is 46.7. The van der Waals surface area contributed by atoms with Crippen molar-refractivity contribution in [1.82, 2.24) is 25.0 Å². The van der Waals surface area contributed by atoms with Crippen molar-refractivity contribution in [2.24, 2.45) is 0 Å². The third-order valence-corrected chi connectivity index (χ3v) is 5.76. The van der Waals surface area contributed by atoms with Gasteiger partial charge in [0.25, 0.3) is 5.91 Å². The number of carbonyl (C=O) groups is 3. The molecule has 0 spiro atoms. The normalized spacial score (nSPS) is 18.1. The minimum atomic E-state index is -4.67. The van der Waals surface area contributed by atoms with Crippen LogP contribution < -0.4 is 10.6 Å². The lowest BCUT2D eigenvalue weighted by molar-refractivity contribution is -0.137. The molecule has 1 aliphatic rings. The standard InChI is InChI=1S/C23H17F3N6O4/c1-22(18-8-13-4-2-3-5-17(13)36-18)20(34)31(21(35)30-22)10-19(33)29-15-9-14(23(24,25)26)6-7-16(15)32-12-27-11-28-32/h2-9,11-12H,10H2,1H3,(H,29,33)(H,30,35)/t22-/m0/s1. The molecule has 184 valence electrons. The van der Waals surface area contributed by atoms with Crippen LogP contribution in [0, 0.1) is 0 Å². The molecule has 13 heteroatoms. The van der Waals surface area contributed by atoms with Crippen LogP contribution in [0.3, 0.4) is 0 Å². The van der Waals surface area contributed by atoms with Crippen LogP contribution in [0.2, 0.25) is 0 Å². The van der Waals surface area contributed by atoms with E-state index in [0.29, 0.717) is 10.5 Å². The van der Waals surface area contributed by atoms with Gasteiger partial charge in [-0.3, -0.25) is 14.5 Å². The molecule has 1 aliphatic heterocycles. The SMILES string of the molecule is C[C@@]1(c2cc3ccccc3o2)NC(=O)N(CC(=O)Nc2cc(C(F)(F)F)ccc2-n2cncn2)C1=O. The summed E-state index contributed by atoms with van der Waals surface area (Å²) in [6.07, 6.45) is -2.25. The Labute approximate surface area is 200 Å². The van der Waals surface area contributed by atoms with Gasteiger partial charge in [-0.1, -0.05) is 18.2 Å². The van der Waals surface area contributed by atoms with Gasteiger partial charge in [0.05, 0.1) is 16.9 Å². The number of imide groups is 1. The van der Waals surface area contributed by atoms with E-state index < -0.39 is 41.7 Å². The minimum absolute atomic E-state index is 0.109. The fraction of sp³-hybridized carbons (Fsp3) is 0.174. The van der Waals surface area contributed by atoms with E-state index in [0.717, 1.165) is 23.6 Å². The van der Waals surface area contributed by atoms with Crippen molar-refractivity contribution >= 4 is 34.5 Å². The van der Waals surface area contributed by atoms with E-state index in [1.807, 2.05) is 0 Å². The van der Waals surface area contributed by atoms with Gasteiger partial charge in [0, 0.05) is 5.39 Å². The number of amides is 4. The Morgan fingerprint density at radius 2 is 1.94 bits per heavy atom. The summed E-state index contributed by atoms with van der Waals surface area (Å²) in [4.78, 5) is 43.0. The van der Waals surface area contributed by atoms with Gasteiger partial charge in [-0.2, -0.15) is 18.3 Å². The highest BCUT2D eigenvalue weighted by atomic mass is 19.4. The average molecular weight is 498 g/mol. The van der Waals surface area contributed by atoms with Gasteiger partial charge in [-0.15, -0.1) is 0 Å². The summed E-state index contributed by atoms with van der Waals surface area (Å²) in [5.74, 6) is -1.47. The molecular formula is C23H17F3N6O4. The van der Waals surface area contributed by atoms with Crippen molar-refractivity contribution in [3.05, 3.63) is 72.5 Å². The highest BCUT2D eigenvalue weighted by Crippen LogP contribution is 2.34. The zero-order chi connectivity index (χ0) is 25.7. The number of furan rings is 1. The molecule has 10 nitrogen and oxygen atoms in total. The molecular weight excluding hydrogens is 481 g/mol. The first-order chi connectivity index (χ1) is 17.1. The van der Waals surface area contributed by atoms with Crippen LogP contribution in [0.5, 0.6) is 0 Å². The molecule has 2 N–H and O–H groups in total. The van der Waals surface area contributed by atoms with Crippen molar-refractivity contribution in [2.75, 3.05) is 11.9 Å². The maximum Gasteiger partial charge on any atom is 0.416 e. The number of hydrogen-bond acceptors (Lipinski definition) is 6. The van der Waals surface area contributed by atoms with Gasteiger partial charge in [-0.05, 0) is 37.3 Å². The Bertz CT molecular complexity index is 1460. The Balaban J connectivity index is 1.39. The largest absolute Gasteiger partial charge is 0.458 e. The van der Waals surface area contributed by atoms with E-state index >= 15 is 0 Å². The molecule has 36 heavy (non-hydrogen) atoms. The molecule has 3 heterocycles. The van der Waals surface area contributed by atoms with Crippen molar-refractivity contribution in [2.45, 2.75) is 18.6 Å². The molecule has 0 radical (unpaired) electrons. The first kappa shape index (κ1) is 23.1. The first-order valence-electron chi connectivity index (χ1n) is 10.6. The van der Waals surface area contributed by atoms with Gasteiger partial charge in [0.1, 0.15) is 30.5 Å². The quantitative estimate of drug-likeness (QED) is 0.407. The molecule has 4 aromatic rings. The Morgan fingerprint density at radius 3 is 2.64 bits per heavy atom. The molecule has 0 unspecified atom stereocenters. The Morgan fingerprint density at radius 1 is 1.17 bits per heavy atom. The van der Waals surface area contributed by atoms with Gasteiger partial charge >= 0.3 is 12.2 Å². The van der Waals surface area contributed by atoms with Crippen molar-refractivity contribution in [3.8, 4) is 5.69 Å². The van der Waals surface area contributed by atoms with Crippen molar-refractivity contribution < 1.29 is 32.0 Å². The molecule has 2 aromatic heterocycles. The van der Waals surface area contributed by atoms with Crippen LogP contribution in [-0.4, -0.2) is 44.1 Å². The number of fused-ring (bicyclic) bond motifs is 1. The second-order valence-corrected chi connectivity index (χ2v) is 8.21. The lowest BCUT2D eigenvalue weighted by atomic mass is 9.99. The number of anilines is 1. The highest BCUT2D eigenvalue weighted by molar-refractivity contribution is 6.10. The molecule has 0 saturated carbocycles. The maximum absolute atomic E-state index is 13.3. The molecule has 1 atom stereocenters.